The van der Waals surface area contributed by atoms with E-state index in [2.05, 4.69) is 10.6 Å². The predicted molar refractivity (Wildman–Crippen MR) is 115 cm³/mol. The third kappa shape index (κ3) is 5.61. The first-order chi connectivity index (χ1) is 14.6. The largest absolute Gasteiger partial charge is 0.494 e. The van der Waals surface area contributed by atoms with Crippen LogP contribution in [0, 0.1) is 0 Å². The van der Waals surface area contributed by atoms with Gasteiger partial charge < -0.3 is 19.8 Å². The highest BCUT2D eigenvalue weighted by Crippen LogP contribution is 2.18. The molecule has 154 valence electrons. The van der Waals surface area contributed by atoms with Gasteiger partial charge in [-0.2, -0.15) is 0 Å². The van der Waals surface area contributed by atoms with E-state index in [0.717, 1.165) is 11.3 Å². The number of furan rings is 1. The molecule has 1 heterocycles. The van der Waals surface area contributed by atoms with Crippen molar-refractivity contribution in [3.05, 3.63) is 95.6 Å². The van der Waals surface area contributed by atoms with Crippen LogP contribution in [0.4, 0.5) is 0 Å². The van der Waals surface area contributed by atoms with E-state index >= 15 is 0 Å². The van der Waals surface area contributed by atoms with Crippen molar-refractivity contribution in [2.24, 2.45) is 0 Å². The van der Waals surface area contributed by atoms with Gasteiger partial charge in [0.2, 0.25) is 0 Å². The van der Waals surface area contributed by atoms with Gasteiger partial charge in [-0.25, -0.2) is 0 Å². The summed E-state index contributed by atoms with van der Waals surface area (Å²) in [4.78, 5) is 25.5. The van der Waals surface area contributed by atoms with Crippen LogP contribution in [-0.2, 0) is 4.79 Å². The van der Waals surface area contributed by atoms with E-state index in [1.54, 1.807) is 36.4 Å². The van der Waals surface area contributed by atoms with Crippen molar-refractivity contribution < 1.29 is 18.7 Å². The molecule has 1 aromatic heterocycles. The number of benzene rings is 2. The van der Waals surface area contributed by atoms with E-state index in [-0.39, 0.29) is 17.6 Å². The molecule has 2 N–H and O–H groups in total. The van der Waals surface area contributed by atoms with Crippen molar-refractivity contribution in [2.45, 2.75) is 19.9 Å². The number of nitrogens with one attached hydrogen (secondary N) is 2. The number of ether oxygens (including phenoxy) is 1. The van der Waals surface area contributed by atoms with E-state index in [1.165, 1.54) is 12.3 Å². The number of hydrogen-bond donors (Lipinski definition) is 2. The lowest BCUT2D eigenvalue weighted by Gasteiger charge is -2.17. The van der Waals surface area contributed by atoms with Gasteiger partial charge in [0.1, 0.15) is 17.2 Å². The summed E-state index contributed by atoms with van der Waals surface area (Å²) in [6, 6.07) is 19.4. The van der Waals surface area contributed by atoms with Crippen LogP contribution < -0.4 is 15.4 Å². The Labute approximate surface area is 175 Å². The van der Waals surface area contributed by atoms with Crippen LogP contribution in [0.3, 0.4) is 0 Å². The highest BCUT2D eigenvalue weighted by atomic mass is 16.5. The Morgan fingerprint density at radius 3 is 2.40 bits per heavy atom. The molecule has 3 rings (SSSR count). The fourth-order valence-corrected chi connectivity index (χ4v) is 2.84. The summed E-state index contributed by atoms with van der Waals surface area (Å²) in [7, 11) is 0. The average Bonchev–Trinajstić information content (AvgIpc) is 3.27. The molecule has 0 saturated carbocycles. The minimum atomic E-state index is -0.419. The summed E-state index contributed by atoms with van der Waals surface area (Å²) in [5.74, 6) is 0.435. The Bertz CT molecular complexity index is 993. The minimum absolute atomic E-state index is 0.0941. The quantitative estimate of drug-likeness (QED) is 0.548. The maximum Gasteiger partial charge on any atom is 0.268 e. The lowest BCUT2D eigenvalue weighted by Crippen LogP contribution is -2.36. The molecule has 0 bridgehead atoms. The zero-order valence-corrected chi connectivity index (χ0v) is 16.9. The molecule has 0 fully saturated rings. The van der Waals surface area contributed by atoms with Crippen LogP contribution in [0.5, 0.6) is 5.75 Å². The van der Waals surface area contributed by atoms with Crippen molar-refractivity contribution in [1.82, 2.24) is 10.6 Å². The normalized spacial score (nSPS) is 12.1. The summed E-state index contributed by atoms with van der Waals surface area (Å²) in [6.07, 6.45) is 3.00. The Kier molecular flexibility index (Phi) is 7.05. The molecule has 1 atom stereocenters. The fraction of sp³-hybridized carbons (Fsp3) is 0.167. The molecule has 0 aliphatic rings. The van der Waals surface area contributed by atoms with E-state index in [0.29, 0.717) is 17.9 Å². The van der Waals surface area contributed by atoms with Gasteiger partial charge in [0.15, 0.2) is 0 Å². The number of carbonyl (C=O) groups excluding carboxylic acids is 2. The topological polar surface area (TPSA) is 80.6 Å². The van der Waals surface area contributed by atoms with Gasteiger partial charge in [-0.1, -0.05) is 30.3 Å². The SMILES string of the molecule is CCOc1ccc(C(C)NC(=O)/C(=C/c2ccco2)NC(=O)c2ccccc2)cc1. The summed E-state index contributed by atoms with van der Waals surface area (Å²) in [5, 5.41) is 5.60. The number of hydrogen-bond acceptors (Lipinski definition) is 4. The zero-order valence-electron chi connectivity index (χ0n) is 16.9. The molecular weight excluding hydrogens is 380 g/mol. The Hall–Kier alpha value is -3.80. The lowest BCUT2D eigenvalue weighted by molar-refractivity contribution is -0.118. The predicted octanol–water partition coefficient (Wildman–Crippen LogP) is 4.33. The van der Waals surface area contributed by atoms with Gasteiger partial charge in [-0.05, 0) is 55.8 Å². The number of amides is 2. The van der Waals surface area contributed by atoms with E-state index < -0.39 is 5.91 Å². The maximum atomic E-state index is 12.9. The second-order valence-corrected chi connectivity index (χ2v) is 6.59. The number of rotatable bonds is 8. The molecule has 6 heteroatoms. The Morgan fingerprint density at radius 2 is 1.77 bits per heavy atom. The average molecular weight is 404 g/mol. The Morgan fingerprint density at radius 1 is 1.03 bits per heavy atom. The van der Waals surface area contributed by atoms with Crippen molar-refractivity contribution >= 4 is 17.9 Å². The van der Waals surface area contributed by atoms with Crippen molar-refractivity contribution in [2.75, 3.05) is 6.61 Å². The molecule has 0 aliphatic carbocycles. The van der Waals surface area contributed by atoms with E-state index in [9.17, 15) is 9.59 Å². The highest BCUT2D eigenvalue weighted by Gasteiger charge is 2.18. The summed E-state index contributed by atoms with van der Waals surface area (Å²) >= 11 is 0. The van der Waals surface area contributed by atoms with Crippen LogP contribution in [0.25, 0.3) is 6.08 Å². The van der Waals surface area contributed by atoms with Gasteiger partial charge in [-0.15, -0.1) is 0 Å². The van der Waals surface area contributed by atoms with E-state index in [1.807, 2.05) is 44.2 Å². The van der Waals surface area contributed by atoms with Gasteiger partial charge in [0.05, 0.1) is 18.9 Å². The molecule has 0 radical (unpaired) electrons. The first kappa shape index (κ1) is 20.9. The molecule has 30 heavy (non-hydrogen) atoms. The summed E-state index contributed by atoms with van der Waals surface area (Å²) in [6.45, 7) is 4.39. The molecule has 0 aliphatic heterocycles. The van der Waals surface area contributed by atoms with Gasteiger partial charge in [-0.3, -0.25) is 9.59 Å². The second-order valence-electron chi connectivity index (χ2n) is 6.59. The highest BCUT2D eigenvalue weighted by molar-refractivity contribution is 6.05. The molecule has 1 unspecified atom stereocenters. The fourth-order valence-electron chi connectivity index (χ4n) is 2.84. The summed E-state index contributed by atoms with van der Waals surface area (Å²) < 4.78 is 10.8. The van der Waals surface area contributed by atoms with Crippen molar-refractivity contribution in [1.29, 1.82) is 0 Å². The van der Waals surface area contributed by atoms with Gasteiger partial charge in [0, 0.05) is 11.6 Å². The molecule has 0 spiro atoms. The molecule has 3 aromatic rings. The lowest BCUT2D eigenvalue weighted by atomic mass is 10.1. The zero-order chi connectivity index (χ0) is 21.3. The van der Waals surface area contributed by atoms with Gasteiger partial charge >= 0.3 is 0 Å². The third-order valence-corrected chi connectivity index (χ3v) is 4.40. The van der Waals surface area contributed by atoms with Crippen LogP contribution in [0.1, 0.15) is 41.6 Å². The third-order valence-electron chi connectivity index (χ3n) is 4.40. The smallest absolute Gasteiger partial charge is 0.268 e. The standard InChI is InChI=1S/C24H24N2O4/c1-3-29-20-13-11-18(12-14-20)17(2)25-24(28)22(16-21-10-7-15-30-21)26-23(27)19-8-5-4-6-9-19/h4-17H,3H2,1-2H3,(H,25,28)(H,26,27)/b22-16-. The maximum absolute atomic E-state index is 12.9. The van der Waals surface area contributed by atoms with Gasteiger partial charge in [0.25, 0.3) is 11.8 Å². The van der Waals surface area contributed by atoms with Crippen molar-refractivity contribution in [3.63, 3.8) is 0 Å². The minimum Gasteiger partial charge on any atom is -0.494 e. The monoisotopic (exact) mass is 404 g/mol. The Balaban J connectivity index is 1.75. The van der Waals surface area contributed by atoms with Crippen molar-refractivity contribution in [3.8, 4) is 5.75 Å². The first-order valence-corrected chi connectivity index (χ1v) is 9.72. The van der Waals surface area contributed by atoms with Crippen LogP contribution >= 0.6 is 0 Å². The second kappa shape index (κ2) is 10.1. The molecule has 2 aromatic carbocycles. The first-order valence-electron chi connectivity index (χ1n) is 9.72. The summed E-state index contributed by atoms with van der Waals surface area (Å²) in [5.41, 5.74) is 1.46. The molecular formula is C24H24N2O4. The van der Waals surface area contributed by atoms with Crippen LogP contribution in [0.15, 0.2) is 83.1 Å². The molecule has 0 saturated heterocycles. The molecule has 6 nitrogen and oxygen atoms in total. The number of carbonyl (C=O) groups is 2. The van der Waals surface area contributed by atoms with Crippen LogP contribution in [0.2, 0.25) is 0 Å². The van der Waals surface area contributed by atoms with Crippen LogP contribution in [-0.4, -0.2) is 18.4 Å². The molecule has 2 amide bonds. The van der Waals surface area contributed by atoms with E-state index in [4.69, 9.17) is 9.15 Å².